The van der Waals surface area contributed by atoms with E-state index < -0.39 is 5.97 Å². The molecule has 1 amide bonds. The molecule has 144 valence electrons. The van der Waals surface area contributed by atoms with E-state index in [0.717, 1.165) is 41.0 Å². The van der Waals surface area contributed by atoms with Crippen LogP contribution in [0.25, 0.3) is 10.2 Å². The highest BCUT2D eigenvalue weighted by Gasteiger charge is 2.32. The molecule has 1 unspecified atom stereocenters. The lowest BCUT2D eigenvalue weighted by molar-refractivity contribution is -0.122. The zero-order valence-electron chi connectivity index (χ0n) is 15.2. The van der Waals surface area contributed by atoms with E-state index in [-0.39, 0.29) is 17.5 Å². The van der Waals surface area contributed by atoms with Gasteiger partial charge in [-0.15, -0.1) is 11.3 Å². The molecular weight excluding hydrogens is 376 g/mol. The Morgan fingerprint density at radius 2 is 2.18 bits per heavy atom. The number of fused-ring (bicyclic) bond motifs is 1. The smallest absolute Gasteiger partial charge is 0.335 e. The molecule has 1 aromatic carbocycles. The molecule has 4 rings (SSSR count). The number of anilines is 1. The number of rotatable bonds is 6. The highest BCUT2D eigenvalue weighted by atomic mass is 32.1. The lowest BCUT2D eigenvalue weighted by atomic mass is 10.1. The highest BCUT2D eigenvalue weighted by Crippen LogP contribution is 2.31. The van der Waals surface area contributed by atoms with Crippen LogP contribution in [0.3, 0.4) is 0 Å². The fraction of sp³-hybridized carbons (Fsp3) is 0.300. The average molecular weight is 396 g/mol. The van der Waals surface area contributed by atoms with E-state index in [1.165, 1.54) is 0 Å². The first-order chi connectivity index (χ1) is 13.6. The largest absolute Gasteiger partial charge is 0.478 e. The normalized spacial score (nSPS) is 16.4. The zero-order valence-corrected chi connectivity index (χ0v) is 16.0. The van der Waals surface area contributed by atoms with Crippen LogP contribution in [0.4, 0.5) is 5.82 Å². The molecule has 0 radical (unpaired) electrons. The van der Waals surface area contributed by atoms with Crippen LogP contribution in [0.2, 0.25) is 0 Å². The van der Waals surface area contributed by atoms with Crippen LogP contribution in [0.1, 0.15) is 28.8 Å². The third kappa shape index (κ3) is 3.68. The number of aromatic nitrogens is 2. The van der Waals surface area contributed by atoms with Gasteiger partial charge in [-0.25, -0.2) is 14.8 Å². The lowest BCUT2D eigenvalue weighted by Gasteiger charge is -2.25. The van der Waals surface area contributed by atoms with E-state index in [0.29, 0.717) is 13.0 Å². The van der Waals surface area contributed by atoms with Crippen LogP contribution in [-0.4, -0.2) is 46.1 Å². The van der Waals surface area contributed by atoms with Crippen LogP contribution >= 0.6 is 11.3 Å². The summed E-state index contributed by atoms with van der Waals surface area (Å²) in [4.78, 5) is 35.6. The number of hydrogen-bond acceptors (Lipinski definition) is 6. The van der Waals surface area contributed by atoms with Crippen LogP contribution in [0.5, 0.6) is 0 Å². The van der Waals surface area contributed by atoms with Crippen LogP contribution in [0, 0.1) is 0 Å². The van der Waals surface area contributed by atoms with E-state index in [1.54, 1.807) is 35.9 Å². The number of carbonyl (C=O) groups is 2. The van der Waals surface area contributed by atoms with Gasteiger partial charge < -0.3 is 15.3 Å². The Kier molecular flexibility index (Phi) is 5.21. The molecule has 1 saturated heterocycles. The summed E-state index contributed by atoms with van der Waals surface area (Å²) >= 11 is 1.56. The minimum Gasteiger partial charge on any atom is -0.478 e. The standard InChI is InChI=1S/C20H20N4O3S/c25-18(21-8-6-13-3-1-4-14(11-13)20(26)27)16-5-2-9-24(16)17-15-7-10-28-19(15)23-12-22-17/h1,3-4,7,10-12,16H,2,5-6,8-9H2,(H,21,25)(H,26,27). The number of hydrogen-bond donors (Lipinski definition) is 2. The topological polar surface area (TPSA) is 95.4 Å². The maximum Gasteiger partial charge on any atom is 0.335 e. The number of thiophene rings is 1. The van der Waals surface area contributed by atoms with Crippen LogP contribution in [0.15, 0.2) is 42.0 Å². The van der Waals surface area contributed by atoms with Gasteiger partial charge in [0.1, 0.15) is 23.0 Å². The molecule has 0 bridgehead atoms. The molecule has 1 aliphatic rings. The summed E-state index contributed by atoms with van der Waals surface area (Å²) in [6.07, 6.45) is 3.86. The van der Waals surface area contributed by atoms with Crippen molar-refractivity contribution in [1.82, 2.24) is 15.3 Å². The van der Waals surface area contributed by atoms with Gasteiger partial charge in [0.05, 0.1) is 10.9 Å². The Morgan fingerprint density at radius 3 is 3.04 bits per heavy atom. The van der Waals surface area contributed by atoms with Crippen LogP contribution < -0.4 is 10.2 Å². The van der Waals surface area contributed by atoms with Crippen molar-refractivity contribution >= 4 is 39.2 Å². The molecule has 28 heavy (non-hydrogen) atoms. The maximum absolute atomic E-state index is 12.8. The Morgan fingerprint density at radius 1 is 1.29 bits per heavy atom. The highest BCUT2D eigenvalue weighted by molar-refractivity contribution is 7.16. The fourth-order valence-corrected chi connectivity index (χ4v) is 4.33. The van der Waals surface area contributed by atoms with Gasteiger partial charge in [-0.2, -0.15) is 0 Å². The molecule has 8 heteroatoms. The summed E-state index contributed by atoms with van der Waals surface area (Å²) in [5.41, 5.74) is 1.15. The van der Waals surface area contributed by atoms with Gasteiger partial charge in [0.15, 0.2) is 0 Å². The molecular formula is C20H20N4O3S. The Hall–Kier alpha value is -3.00. The van der Waals surface area contributed by atoms with Gasteiger partial charge in [-0.05, 0) is 48.4 Å². The SMILES string of the molecule is O=C(O)c1cccc(CCNC(=O)C2CCCN2c2ncnc3sccc23)c1. The minimum absolute atomic E-state index is 0.0196. The molecule has 0 saturated carbocycles. The van der Waals surface area contributed by atoms with Crippen molar-refractivity contribution in [2.45, 2.75) is 25.3 Å². The van der Waals surface area contributed by atoms with Gasteiger partial charge in [-0.3, -0.25) is 4.79 Å². The van der Waals surface area contributed by atoms with Crippen molar-refractivity contribution in [3.63, 3.8) is 0 Å². The number of nitrogens with one attached hydrogen (secondary N) is 1. The first-order valence-electron chi connectivity index (χ1n) is 9.18. The number of nitrogens with zero attached hydrogens (tertiary/aromatic N) is 3. The summed E-state index contributed by atoms with van der Waals surface area (Å²) in [5.74, 6) is -0.149. The summed E-state index contributed by atoms with van der Waals surface area (Å²) < 4.78 is 0. The van der Waals surface area contributed by atoms with Gasteiger partial charge in [-0.1, -0.05) is 12.1 Å². The Bertz CT molecular complexity index is 1020. The maximum atomic E-state index is 12.8. The van der Waals surface area contributed by atoms with E-state index >= 15 is 0 Å². The van der Waals surface area contributed by atoms with Gasteiger partial charge in [0.2, 0.25) is 5.91 Å². The third-order valence-electron chi connectivity index (χ3n) is 4.96. The minimum atomic E-state index is -0.947. The first kappa shape index (κ1) is 18.4. The van der Waals surface area contributed by atoms with Crippen LogP contribution in [-0.2, 0) is 11.2 Å². The van der Waals surface area contributed by atoms with Crippen molar-refractivity contribution < 1.29 is 14.7 Å². The molecule has 1 atom stereocenters. The number of carboxylic acids is 1. The van der Waals surface area contributed by atoms with E-state index in [2.05, 4.69) is 20.2 Å². The zero-order chi connectivity index (χ0) is 19.5. The van der Waals surface area contributed by atoms with E-state index in [1.807, 2.05) is 17.5 Å². The molecule has 0 spiro atoms. The molecule has 7 nitrogen and oxygen atoms in total. The molecule has 1 fully saturated rings. The number of benzene rings is 1. The second-order valence-electron chi connectivity index (χ2n) is 6.73. The second kappa shape index (κ2) is 7.93. The lowest BCUT2D eigenvalue weighted by Crippen LogP contribution is -2.44. The molecule has 2 aromatic heterocycles. The van der Waals surface area contributed by atoms with Crippen molar-refractivity contribution in [1.29, 1.82) is 0 Å². The van der Waals surface area contributed by atoms with E-state index in [4.69, 9.17) is 5.11 Å². The van der Waals surface area contributed by atoms with E-state index in [9.17, 15) is 9.59 Å². The number of carbonyl (C=O) groups excluding carboxylic acids is 1. The van der Waals surface area contributed by atoms with Crippen molar-refractivity contribution in [3.05, 3.63) is 53.2 Å². The molecule has 3 heterocycles. The van der Waals surface area contributed by atoms with Crippen molar-refractivity contribution in [3.8, 4) is 0 Å². The average Bonchev–Trinajstić information content (AvgIpc) is 3.37. The van der Waals surface area contributed by atoms with Gasteiger partial charge in [0.25, 0.3) is 0 Å². The Balaban J connectivity index is 1.41. The number of aromatic carboxylic acids is 1. The monoisotopic (exact) mass is 396 g/mol. The summed E-state index contributed by atoms with van der Waals surface area (Å²) in [6, 6.07) is 8.55. The number of carboxylic acid groups (broad SMARTS) is 1. The summed E-state index contributed by atoms with van der Waals surface area (Å²) in [6.45, 7) is 1.25. The summed E-state index contributed by atoms with van der Waals surface area (Å²) in [7, 11) is 0. The first-order valence-corrected chi connectivity index (χ1v) is 10.1. The predicted octanol–water partition coefficient (Wildman–Crippen LogP) is 2.72. The van der Waals surface area contributed by atoms with Crippen molar-refractivity contribution in [2.24, 2.45) is 0 Å². The molecule has 2 N–H and O–H groups in total. The Labute approximate surface area is 166 Å². The molecule has 3 aromatic rings. The molecule has 1 aliphatic heterocycles. The van der Waals surface area contributed by atoms with Crippen molar-refractivity contribution in [2.75, 3.05) is 18.0 Å². The predicted molar refractivity (Wildman–Crippen MR) is 108 cm³/mol. The fourth-order valence-electron chi connectivity index (χ4n) is 3.61. The van der Waals surface area contributed by atoms with Gasteiger partial charge in [0, 0.05) is 13.1 Å². The number of amides is 1. The third-order valence-corrected chi connectivity index (χ3v) is 5.78. The summed E-state index contributed by atoms with van der Waals surface area (Å²) in [5, 5.41) is 15.0. The second-order valence-corrected chi connectivity index (χ2v) is 7.63. The van der Waals surface area contributed by atoms with Gasteiger partial charge >= 0.3 is 5.97 Å². The molecule has 0 aliphatic carbocycles. The quantitative estimate of drug-likeness (QED) is 0.665.